The van der Waals surface area contributed by atoms with Gasteiger partial charge in [0.15, 0.2) is 6.29 Å². The second-order valence-corrected chi connectivity index (χ2v) is 8.91. The number of allylic oxidation sites excluding steroid dienone is 2. The van der Waals surface area contributed by atoms with Gasteiger partial charge in [-0.15, -0.1) is 0 Å². The molecule has 7 nitrogen and oxygen atoms in total. The first-order chi connectivity index (χ1) is 15.4. The van der Waals surface area contributed by atoms with Crippen molar-refractivity contribution in [1.82, 2.24) is 10.6 Å². The van der Waals surface area contributed by atoms with Crippen molar-refractivity contribution in [3.05, 3.63) is 23.3 Å². The number of amides is 2. The lowest BCUT2D eigenvalue weighted by Crippen LogP contribution is -2.48. The Kier molecular flexibility index (Phi) is 14.9. The highest BCUT2D eigenvalue weighted by Crippen LogP contribution is 2.27. The molecular formula is C25H45N3O4. The number of unbranched alkanes of at least 4 members (excludes halogenated alkanes) is 2. The minimum Gasteiger partial charge on any atom is -0.365 e. The summed E-state index contributed by atoms with van der Waals surface area (Å²) in [7, 11) is 0. The van der Waals surface area contributed by atoms with E-state index in [1.807, 2.05) is 19.9 Å². The standard InChI is InChI=1S/C25H45N3O4/c1-4-5-9-16-32-24(30)15-12-19(2)20(3)18-27-25(31)22(28-23(29)17-26)14-13-21-10-7-6-8-11-21/h12,15,21-22,24,30H,4-11,13-14,16-18,26H2,1-3H3,(H,27,31)(H,28,29)/b15-12-,20-19+. The second kappa shape index (κ2) is 16.9. The molecule has 0 saturated heterocycles. The fraction of sp³-hybridized carbons (Fsp3) is 0.760. The van der Waals surface area contributed by atoms with Crippen LogP contribution < -0.4 is 16.4 Å². The first-order valence-corrected chi connectivity index (χ1v) is 12.3. The van der Waals surface area contributed by atoms with Crippen molar-refractivity contribution < 1.29 is 19.4 Å². The number of rotatable bonds is 15. The number of ether oxygens (including phenoxy) is 1. The molecule has 0 heterocycles. The van der Waals surface area contributed by atoms with Crippen LogP contribution in [0.5, 0.6) is 0 Å². The van der Waals surface area contributed by atoms with Gasteiger partial charge in [0.05, 0.1) is 13.2 Å². The van der Waals surface area contributed by atoms with Crippen LogP contribution in [-0.2, 0) is 14.3 Å². The normalized spacial score (nSPS) is 17.7. The molecule has 1 aliphatic rings. The lowest BCUT2D eigenvalue weighted by atomic mass is 9.85. The van der Waals surface area contributed by atoms with Crippen molar-refractivity contribution in [3.8, 4) is 0 Å². The zero-order valence-electron chi connectivity index (χ0n) is 20.3. The van der Waals surface area contributed by atoms with E-state index in [2.05, 4.69) is 17.6 Å². The third-order valence-electron chi connectivity index (χ3n) is 6.17. The molecule has 1 saturated carbocycles. The van der Waals surface area contributed by atoms with Crippen LogP contribution in [0.2, 0.25) is 0 Å². The first kappa shape index (κ1) is 28.3. The van der Waals surface area contributed by atoms with Gasteiger partial charge in [0.2, 0.25) is 11.8 Å². The van der Waals surface area contributed by atoms with E-state index in [1.54, 1.807) is 6.08 Å². The number of nitrogens with one attached hydrogen (secondary N) is 2. The van der Waals surface area contributed by atoms with Crippen LogP contribution in [-0.4, -0.2) is 48.9 Å². The summed E-state index contributed by atoms with van der Waals surface area (Å²) in [6.07, 6.45) is 13.4. The van der Waals surface area contributed by atoms with Crippen LogP contribution in [0.25, 0.3) is 0 Å². The Morgan fingerprint density at radius 2 is 1.91 bits per heavy atom. The topological polar surface area (TPSA) is 114 Å². The van der Waals surface area contributed by atoms with Gasteiger partial charge in [-0.25, -0.2) is 0 Å². The third-order valence-corrected chi connectivity index (χ3v) is 6.17. The minimum atomic E-state index is -0.931. The lowest BCUT2D eigenvalue weighted by molar-refractivity contribution is -0.128. The molecule has 0 aliphatic heterocycles. The molecule has 7 heteroatoms. The van der Waals surface area contributed by atoms with Gasteiger partial charge < -0.3 is 26.2 Å². The predicted octanol–water partition coefficient (Wildman–Crippen LogP) is 3.32. The molecule has 2 atom stereocenters. The van der Waals surface area contributed by atoms with E-state index in [4.69, 9.17) is 10.5 Å². The van der Waals surface area contributed by atoms with Crippen LogP contribution in [0.4, 0.5) is 0 Å². The molecular weight excluding hydrogens is 406 g/mol. The van der Waals surface area contributed by atoms with Crippen molar-refractivity contribution in [1.29, 1.82) is 0 Å². The number of hydrogen-bond donors (Lipinski definition) is 4. The Bertz CT molecular complexity index is 612. The lowest BCUT2D eigenvalue weighted by Gasteiger charge is -2.24. The van der Waals surface area contributed by atoms with E-state index in [0.717, 1.165) is 36.8 Å². The highest BCUT2D eigenvalue weighted by Gasteiger charge is 2.22. The Labute approximate surface area is 194 Å². The van der Waals surface area contributed by atoms with E-state index >= 15 is 0 Å². The maximum absolute atomic E-state index is 12.8. The molecule has 1 aliphatic carbocycles. The monoisotopic (exact) mass is 451 g/mol. The van der Waals surface area contributed by atoms with Crippen LogP contribution in [0, 0.1) is 5.92 Å². The smallest absolute Gasteiger partial charge is 0.242 e. The number of nitrogens with two attached hydrogens (primary N) is 1. The maximum Gasteiger partial charge on any atom is 0.242 e. The van der Waals surface area contributed by atoms with Gasteiger partial charge in [0.1, 0.15) is 6.04 Å². The van der Waals surface area contributed by atoms with Crippen molar-refractivity contribution in [2.75, 3.05) is 19.7 Å². The first-order valence-electron chi connectivity index (χ1n) is 12.3. The molecule has 5 N–H and O–H groups in total. The van der Waals surface area contributed by atoms with Crippen molar-refractivity contribution in [2.24, 2.45) is 11.7 Å². The molecule has 0 bridgehead atoms. The molecule has 0 spiro atoms. The van der Waals surface area contributed by atoms with Gasteiger partial charge in [-0.1, -0.05) is 69.1 Å². The molecule has 0 aromatic heterocycles. The second-order valence-electron chi connectivity index (χ2n) is 8.91. The molecule has 0 radical (unpaired) electrons. The zero-order valence-corrected chi connectivity index (χ0v) is 20.3. The molecule has 2 amide bonds. The number of hydrogen-bond acceptors (Lipinski definition) is 5. The van der Waals surface area contributed by atoms with Gasteiger partial charge >= 0.3 is 0 Å². The molecule has 184 valence electrons. The van der Waals surface area contributed by atoms with Gasteiger partial charge in [-0.3, -0.25) is 9.59 Å². The molecule has 2 unspecified atom stereocenters. The highest BCUT2D eigenvalue weighted by atomic mass is 16.6. The number of carbonyl (C=O) groups excluding carboxylic acids is 2. The molecule has 32 heavy (non-hydrogen) atoms. The van der Waals surface area contributed by atoms with Gasteiger partial charge in [0, 0.05) is 6.54 Å². The van der Waals surface area contributed by atoms with Crippen molar-refractivity contribution in [2.45, 2.75) is 97.3 Å². The van der Waals surface area contributed by atoms with Crippen LogP contribution in [0.1, 0.15) is 85.0 Å². The van der Waals surface area contributed by atoms with Crippen molar-refractivity contribution in [3.63, 3.8) is 0 Å². The van der Waals surface area contributed by atoms with Gasteiger partial charge in [-0.05, 0) is 45.1 Å². The van der Waals surface area contributed by atoms with Crippen LogP contribution in [0.15, 0.2) is 23.3 Å². The predicted molar refractivity (Wildman–Crippen MR) is 129 cm³/mol. The Hall–Kier alpha value is -1.70. The summed E-state index contributed by atoms with van der Waals surface area (Å²) in [6.45, 7) is 6.77. The summed E-state index contributed by atoms with van der Waals surface area (Å²) in [5.74, 6) is 0.143. The van der Waals surface area contributed by atoms with E-state index in [9.17, 15) is 14.7 Å². The van der Waals surface area contributed by atoms with E-state index < -0.39 is 12.3 Å². The molecule has 0 aromatic rings. The van der Waals surface area contributed by atoms with Gasteiger partial charge in [0.25, 0.3) is 0 Å². The minimum absolute atomic E-state index is 0.126. The summed E-state index contributed by atoms with van der Waals surface area (Å²) in [5.41, 5.74) is 7.36. The summed E-state index contributed by atoms with van der Waals surface area (Å²) < 4.78 is 5.35. The van der Waals surface area contributed by atoms with Crippen LogP contribution in [0.3, 0.4) is 0 Å². The molecule has 1 rings (SSSR count). The molecule has 1 fully saturated rings. The van der Waals surface area contributed by atoms with Crippen LogP contribution >= 0.6 is 0 Å². The average molecular weight is 452 g/mol. The summed E-state index contributed by atoms with van der Waals surface area (Å²) in [6, 6.07) is -0.560. The third kappa shape index (κ3) is 12.4. The Balaban J connectivity index is 2.54. The van der Waals surface area contributed by atoms with E-state index in [0.29, 0.717) is 25.5 Å². The number of carbonyl (C=O) groups is 2. The SMILES string of the molecule is CCCCCOC(O)/C=C\C(C)=C(/C)CNC(=O)C(CCC1CCCCC1)NC(=O)CN. The fourth-order valence-electron chi connectivity index (χ4n) is 3.86. The quantitative estimate of drug-likeness (QED) is 0.173. The van der Waals surface area contributed by atoms with Crippen molar-refractivity contribution >= 4 is 11.8 Å². The van der Waals surface area contributed by atoms with E-state index in [1.165, 1.54) is 32.1 Å². The van der Waals surface area contributed by atoms with Gasteiger partial charge in [-0.2, -0.15) is 0 Å². The highest BCUT2D eigenvalue weighted by molar-refractivity contribution is 5.88. The average Bonchev–Trinajstić information content (AvgIpc) is 2.81. The summed E-state index contributed by atoms with van der Waals surface area (Å²) >= 11 is 0. The Morgan fingerprint density at radius 3 is 2.56 bits per heavy atom. The zero-order chi connectivity index (χ0) is 23.8. The van der Waals surface area contributed by atoms with E-state index in [-0.39, 0.29) is 18.4 Å². The largest absolute Gasteiger partial charge is 0.365 e. The fourth-order valence-corrected chi connectivity index (χ4v) is 3.86. The number of aliphatic hydroxyl groups is 1. The summed E-state index contributed by atoms with van der Waals surface area (Å²) in [5, 5.41) is 15.6. The molecule has 0 aromatic carbocycles. The maximum atomic E-state index is 12.8. The number of aliphatic hydroxyl groups excluding tert-OH is 1. The Morgan fingerprint density at radius 1 is 1.19 bits per heavy atom. The summed E-state index contributed by atoms with van der Waals surface area (Å²) in [4.78, 5) is 24.6.